The van der Waals surface area contributed by atoms with Crippen molar-refractivity contribution in [3.05, 3.63) is 69.9 Å². The molecular weight excluding hydrogens is 399 g/mol. The van der Waals surface area contributed by atoms with Crippen LogP contribution in [-0.2, 0) is 4.74 Å². The van der Waals surface area contributed by atoms with E-state index in [2.05, 4.69) is 15.5 Å². The second-order valence-corrected chi connectivity index (χ2v) is 6.14. The number of halogens is 1. The van der Waals surface area contributed by atoms with Gasteiger partial charge in [0.15, 0.2) is 6.10 Å². The number of carbonyl (C=O) groups is 1. The van der Waals surface area contributed by atoms with Crippen LogP contribution in [0.25, 0.3) is 11.5 Å². The maximum Gasteiger partial charge on any atom is 0.341 e. The molecule has 1 atom stereocenters. The molecule has 3 rings (SSSR count). The zero-order valence-electron chi connectivity index (χ0n) is 15.7. The van der Waals surface area contributed by atoms with Gasteiger partial charge in [0.1, 0.15) is 5.82 Å². The maximum atomic E-state index is 13.0. The number of nitrogens with one attached hydrogen (secondary N) is 1. The van der Waals surface area contributed by atoms with Crippen LogP contribution < -0.4 is 5.32 Å². The van der Waals surface area contributed by atoms with E-state index in [4.69, 9.17) is 14.3 Å². The number of nitro groups is 1. The van der Waals surface area contributed by atoms with Gasteiger partial charge in [0.25, 0.3) is 11.6 Å². The summed E-state index contributed by atoms with van der Waals surface area (Å²) in [7, 11) is 0. The summed E-state index contributed by atoms with van der Waals surface area (Å²) in [5.74, 6) is -1.15. The van der Waals surface area contributed by atoms with Gasteiger partial charge in [-0.1, -0.05) is 0 Å². The molecule has 1 heterocycles. The highest BCUT2D eigenvalue weighted by Crippen LogP contribution is 2.27. The van der Waals surface area contributed by atoms with Gasteiger partial charge in [-0.05, 0) is 37.3 Å². The summed E-state index contributed by atoms with van der Waals surface area (Å²) in [5, 5.41) is 30.5. The number of carbonyl (C=O) groups excluding carboxylic acids is 1. The van der Waals surface area contributed by atoms with E-state index < -0.39 is 22.8 Å². The van der Waals surface area contributed by atoms with Crippen molar-refractivity contribution >= 4 is 17.3 Å². The zero-order chi connectivity index (χ0) is 21.7. The number of esters is 1. The third-order valence-electron chi connectivity index (χ3n) is 4.02. The minimum Gasteiger partial charge on any atom is -0.449 e. The van der Waals surface area contributed by atoms with E-state index in [1.54, 1.807) is 0 Å². The van der Waals surface area contributed by atoms with Gasteiger partial charge in [-0.15, -0.1) is 10.2 Å². The number of non-ortho nitro benzene ring substituents is 1. The molecule has 1 aromatic heterocycles. The highest BCUT2D eigenvalue weighted by molar-refractivity contribution is 5.96. The van der Waals surface area contributed by atoms with Gasteiger partial charge in [0.2, 0.25) is 5.89 Å². The Morgan fingerprint density at radius 3 is 2.70 bits per heavy atom. The average Bonchev–Trinajstić information content (AvgIpc) is 3.23. The lowest BCUT2D eigenvalue weighted by molar-refractivity contribution is -0.384. The van der Waals surface area contributed by atoms with Gasteiger partial charge in [-0.3, -0.25) is 10.1 Å². The Hall–Kier alpha value is -3.86. The number of aliphatic hydroxyl groups excluding tert-OH is 1. The lowest BCUT2D eigenvalue weighted by atomic mass is 10.1. The van der Waals surface area contributed by atoms with Crippen molar-refractivity contribution in [2.75, 3.05) is 18.5 Å². The fourth-order valence-electron chi connectivity index (χ4n) is 2.54. The van der Waals surface area contributed by atoms with Crippen LogP contribution in [0.5, 0.6) is 0 Å². The van der Waals surface area contributed by atoms with Crippen molar-refractivity contribution in [2.24, 2.45) is 0 Å². The molecule has 0 unspecified atom stereocenters. The largest absolute Gasteiger partial charge is 0.449 e. The van der Waals surface area contributed by atoms with E-state index >= 15 is 0 Å². The third-order valence-corrected chi connectivity index (χ3v) is 4.02. The van der Waals surface area contributed by atoms with Crippen LogP contribution in [0.1, 0.15) is 29.3 Å². The Kier molecular flexibility index (Phi) is 6.32. The Bertz CT molecular complexity index is 1050. The molecule has 0 aliphatic carbocycles. The van der Waals surface area contributed by atoms with Crippen molar-refractivity contribution in [1.82, 2.24) is 10.2 Å². The van der Waals surface area contributed by atoms with Crippen molar-refractivity contribution in [2.45, 2.75) is 13.0 Å². The molecule has 0 radical (unpaired) electrons. The first-order chi connectivity index (χ1) is 14.4. The fourth-order valence-corrected chi connectivity index (χ4v) is 2.54. The SMILES string of the molecule is C[C@@H](OC(=O)c1cc([N+](=O)[O-])ccc1NCCO)c1nnc(-c2ccc(F)cc2)o1. The quantitative estimate of drug-likeness (QED) is 0.322. The topological polar surface area (TPSA) is 141 Å². The summed E-state index contributed by atoms with van der Waals surface area (Å²) >= 11 is 0. The number of benzene rings is 2. The van der Waals surface area contributed by atoms with E-state index in [9.17, 15) is 19.3 Å². The lowest BCUT2D eigenvalue weighted by Gasteiger charge is -2.13. The molecule has 2 N–H and O–H groups in total. The predicted octanol–water partition coefficient (Wildman–Crippen LogP) is 3.11. The summed E-state index contributed by atoms with van der Waals surface area (Å²) in [4.78, 5) is 23.0. The minimum atomic E-state index is -0.954. The van der Waals surface area contributed by atoms with Gasteiger partial charge < -0.3 is 19.6 Å². The summed E-state index contributed by atoms with van der Waals surface area (Å²) in [6.07, 6.45) is -0.954. The molecule has 10 nitrogen and oxygen atoms in total. The maximum absolute atomic E-state index is 13.0. The van der Waals surface area contributed by atoms with Crippen LogP contribution in [0.4, 0.5) is 15.8 Å². The average molecular weight is 416 g/mol. The van der Waals surface area contributed by atoms with Gasteiger partial charge in [-0.25, -0.2) is 9.18 Å². The fraction of sp³-hybridized carbons (Fsp3) is 0.211. The first-order valence-corrected chi connectivity index (χ1v) is 8.82. The molecule has 0 saturated heterocycles. The Morgan fingerprint density at radius 1 is 1.30 bits per heavy atom. The third kappa shape index (κ3) is 4.75. The number of aliphatic hydroxyl groups is 1. The Balaban J connectivity index is 1.79. The van der Waals surface area contributed by atoms with Gasteiger partial charge >= 0.3 is 5.97 Å². The molecule has 2 aromatic carbocycles. The number of hydrogen-bond acceptors (Lipinski definition) is 9. The minimum absolute atomic E-state index is 0.00188. The number of nitro benzene ring substituents is 1. The summed E-state index contributed by atoms with van der Waals surface area (Å²) < 4.78 is 23.9. The first-order valence-electron chi connectivity index (χ1n) is 8.82. The Morgan fingerprint density at radius 2 is 2.03 bits per heavy atom. The summed E-state index contributed by atoms with van der Waals surface area (Å²) in [5.41, 5.74) is 0.385. The number of hydrogen-bond donors (Lipinski definition) is 2. The molecule has 0 amide bonds. The van der Waals surface area contributed by atoms with Gasteiger partial charge in [-0.2, -0.15) is 0 Å². The highest BCUT2D eigenvalue weighted by atomic mass is 19.1. The van der Waals surface area contributed by atoms with Crippen LogP contribution in [0.3, 0.4) is 0 Å². The van der Waals surface area contributed by atoms with E-state index in [0.717, 1.165) is 6.07 Å². The predicted molar refractivity (Wildman–Crippen MR) is 102 cm³/mol. The van der Waals surface area contributed by atoms with Crippen LogP contribution in [0, 0.1) is 15.9 Å². The van der Waals surface area contributed by atoms with Crippen LogP contribution in [0.15, 0.2) is 46.9 Å². The second kappa shape index (κ2) is 9.09. The number of rotatable bonds is 8. The highest BCUT2D eigenvalue weighted by Gasteiger charge is 2.23. The smallest absolute Gasteiger partial charge is 0.341 e. The van der Waals surface area contributed by atoms with Crippen LogP contribution in [-0.4, -0.2) is 39.3 Å². The summed E-state index contributed by atoms with van der Waals surface area (Å²) in [6, 6.07) is 9.07. The molecular formula is C19H17FN4O6. The molecule has 0 saturated carbocycles. The molecule has 0 fully saturated rings. The second-order valence-electron chi connectivity index (χ2n) is 6.14. The van der Waals surface area contributed by atoms with E-state index in [1.165, 1.54) is 43.3 Å². The monoisotopic (exact) mass is 416 g/mol. The van der Waals surface area contributed by atoms with E-state index in [0.29, 0.717) is 5.56 Å². The molecule has 0 aliphatic heterocycles. The van der Waals surface area contributed by atoms with Crippen molar-refractivity contribution in [1.29, 1.82) is 0 Å². The van der Waals surface area contributed by atoms with Crippen LogP contribution in [0.2, 0.25) is 0 Å². The molecule has 0 spiro atoms. The lowest BCUT2D eigenvalue weighted by Crippen LogP contribution is -2.14. The van der Waals surface area contributed by atoms with E-state index in [1.807, 2.05) is 0 Å². The van der Waals surface area contributed by atoms with Crippen LogP contribution >= 0.6 is 0 Å². The molecule has 3 aromatic rings. The van der Waals surface area contributed by atoms with Crippen molar-refractivity contribution in [3.63, 3.8) is 0 Å². The molecule has 0 bridgehead atoms. The van der Waals surface area contributed by atoms with E-state index in [-0.39, 0.29) is 41.9 Å². The first kappa shape index (κ1) is 20.9. The molecule has 156 valence electrons. The number of aromatic nitrogens is 2. The zero-order valence-corrected chi connectivity index (χ0v) is 15.7. The Labute approximate surface area is 169 Å². The van der Waals surface area contributed by atoms with Crippen molar-refractivity contribution < 1.29 is 28.4 Å². The van der Waals surface area contributed by atoms with Gasteiger partial charge in [0.05, 0.1) is 17.1 Å². The molecule has 11 heteroatoms. The number of anilines is 1. The standard InChI is InChI=1S/C19H17FN4O6/c1-11(17-22-23-18(30-17)12-2-4-13(20)5-3-12)29-19(26)15-10-14(24(27)28)6-7-16(15)21-8-9-25/h2-7,10-11,21,25H,8-9H2,1H3/t11-/m1/s1. The number of ether oxygens (including phenoxy) is 1. The van der Waals surface area contributed by atoms with Crippen molar-refractivity contribution in [3.8, 4) is 11.5 Å². The van der Waals surface area contributed by atoms with Gasteiger partial charge in [0, 0.05) is 29.9 Å². The summed E-state index contributed by atoms with van der Waals surface area (Å²) in [6.45, 7) is 1.44. The molecule has 30 heavy (non-hydrogen) atoms. The number of nitrogens with zero attached hydrogens (tertiary/aromatic N) is 3. The molecule has 0 aliphatic rings. The normalized spacial score (nSPS) is 11.7.